The number of carboxylic acids is 1. The molecule has 36 heteroatoms. The lowest BCUT2D eigenvalue weighted by Gasteiger charge is -2.31. The third-order valence-corrected chi connectivity index (χ3v) is 24.7. The summed E-state index contributed by atoms with van der Waals surface area (Å²) in [4.78, 5) is 145. The van der Waals surface area contributed by atoms with Crippen LogP contribution >= 0.6 is 0 Å². The molecular weight excluding hydrogens is 1840 g/mol. The van der Waals surface area contributed by atoms with Crippen LogP contribution < -0.4 is 47.4 Å². The number of hydrogen-bond donors (Lipinski definition) is 9. The minimum atomic E-state index is -0.910. The number of rotatable bonds is 12. The Balaban J connectivity index is 0.000000141. The van der Waals surface area contributed by atoms with Crippen molar-refractivity contribution in [1.29, 1.82) is 0 Å². The number of hydrogen-bond acceptors (Lipinski definition) is 22. The van der Waals surface area contributed by atoms with Crippen LogP contribution in [0.3, 0.4) is 0 Å². The van der Waals surface area contributed by atoms with E-state index in [-0.39, 0.29) is 42.0 Å². The van der Waals surface area contributed by atoms with Crippen molar-refractivity contribution in [3.8, 4) is 0 Å². The number of nitrogens with zero attached hydrogens (tertiary/aromatic N) is 17. The monoisotopic (exact) mass is 1950 g/mol. The number of anilines is 9. The molecule has 5 aliphatic heterocycles. The summed E-state index contributed by atoms with van der Waals surface area (Å²) in [5.74, 6) is 0.166. The summed E-state index contributed by atoms with van der Waals surface area (Å²) in [5.41, 5.74) is 37.5. The molecule has 1 saturated carbocycles. The van der Waals surface area contributed by atoms with Gasteiger partial charge in [0.2, 0.25) is 5.91 Å². The molecule has 5 atom stereocenters. The van der Waals surface area contributed by atoms with Gasteiger partial charge in [-0.3, -0.25) is 54.1 Å². The van der Waals surface area contributed by atoms with Crippen LogP contribution in [0.5, 0.6) is 0 Å². The molecule has 5 amide bonds. The van der Waals surface area contributed by atoms with Crippen molar-refractivity contribution in [2.45, 2.75) is 226 Å². The highest BCUT2D eigenvalue weighted by Gasteiger charge is 2.36. The van der Waals surface area contributed by atoms with Crippen molar-refractivity contribution in [1.82, 2.24) is 54.8 Å². The van der Waals surface area contributed by atoms with Gasteiger partial charge >= 0.3 is 30.3 Å². The van der Waals surface area contributed by atoms with E-state index in [1.165, 1.54) is 6.07 Å². The minimum absolute atomic E-state index is 0.0297. The lowest BCUT2D eigenvalue weighted by atomic mass is 10.0. The first kappa shape index (κ1) is 104. The summed E-state index contributed by atoms with van der Waals surface area (Å²) in [7, 11) is 0. The molecule has 746 valence electrons. The van der Waals surface area contributed by atoms with Crippen molar-refractivity contribution in [2.75, 3.05) is 80.2 Å². The van der Waals surface area contributed by atoms with Crippen molar-refractivity contribution < 1.29 is 52.8 Å². The molecule has 1 fully saturated rings. The van der Waals surface area contributed by atoms with Gasteiger partial charge in [0, 0.05) is 44.1 Å². The highest BCUT2D eigenvalue weighted by atomic mass is 16.6. The highest BCUT2D eigenvalue weighted by molar-refractivity contribution is 5.99. The van der Waals surface area contributed by atoms with Crippen molar-refractivity contribution in [2.24, 2.45) is 0 Å². The maximum Gasteiger partial charge on any atom is 0.414 e. The number of nitrogen functional groups attached to an aromatic ring is 3. The number of imidazole rings is 3. The van der Waals surface area contributed by atoms with Gasteiger partial charge in [-0.25, -0.2) is 58.4 Å². The van der Waals surface area contributed by atoms with Gasteiger partial charge in [0.05, 0.1) is 192 Å². The first-order valence-corrected chi connectivity index (χ1v) is 48.3. The van der Waals surface area contributed by atoms with E-state index in [4.69, 9.17) is 89.1 Å². The Hall–Kier alpha value is -17.1. The molecule has 0 saturated heterocycles. The van der Waals surface area contributed by atoms with Gasteiger partial charge in [0.25, 0.3) is 0 Å². The number of nitrogens with one attached hydrogen (secondary N) is 5. The van der Waals surface area contributed by atoms with E-state index in [9.17, 15) is 28.8 Å². The molecule has 5 aromatic carbocycles. The van der Waals surface area contributed by atoms with Crippen LogP contribution in [0.4, 0.5) is 98.8 Å². The van der Waals surface area contributed by atoms with E-state index < -0.39 is 46.8 Å². The molecule has 19 rings (SSSR count). The Morgan fingerprint density at radius 2 is 0.710 bits per heavy atom. The minimum Gasteiger partial charge on any atom is -0.481 e. The molecule has 5 unspecified atom stereocenters. The first-order valence-electron chi connectivity index (χ1n) is 48.3. The fourth-order valence-corrected chi connectivity index (χ4v) is 16.7. The van der Waals surface area contributed by atoms with Crippen molar-refractivity contribution in [3.05, 3.63) is 283 Å². The number of aliphatic carboxylic acids is 1. The third kappa shape index (κ3) is 26.0. The van der Waals surface area contributed by atoms with E-state index >= 15 is 0 Å². The lowest BCUT2D eigenvalue weighted by molar-refractivity contribution is -0.138. The quantitative estimate of drug-likeness (QED) is 0.0312. The molecule has 0 bridgehead atoms. The SMILES string of the molecule is CC(C(=O)O)c1ccc2c(n1)CCCN2C(=O)OC(C)(C)C.[C-]#[N+]c1ccc(N)c(N)c1.[C-]#[N+]c1ccc(NC(=O)C(C)c2ccc3c(n2)CCCN3C(=O)OC(C)(C)C)c(N)c1.[C-]#[N+]c1ccc2nc(C(C)c3ccc4c(n3)CCCN4)[nH]c2c1.[C-]#[N+]c1ccc2nc(C(C)c3ccc4c(n3)CCCN4C(=O)OC(C)(C)C)[nH]c2c1.[C-]#[N+]c1ccc2nc(C(C)c3ccc4c(n3)CCCN4C(=O)OC3CC3)[nH]c2c1. The van der Waals surface area contributed by atoms with Gasteiger partial charge in [-0.2, -0.15) is 0 Å². The summed E-state index contributed by atoms with van der Waals surface area (Å²) < 4.78 is 22.0. The van der Waals surface area contributed by atoms with Crippen LogP contribution in [0.1, 0.15) is 246 Å². The Morgan fingerprint density at radius 1 is 0.386 bits per heavy atom. The molecule has 12 N–H and O–H groups in total. The number of carboxylic acid groups (broad SMARTS) is 1. The number of H-pyrrole nitrogens is 3. The molecule has 145 heavy (non-hydrogen) atoms. The van der Waals surface area contributed by atoms with E-state index in [1.807, 2.05) is 129 Å². The summed E-state index contributed by atoms with van der Waals surface area (Å²) in [6.07, 6.45) is 9.20. The van der Waals surface area contributed by atoms with E-state index in [0.29, 0.717) is 94.4 Å². The second kappa shape index (κ2) is 44.8. The van der Waals surface area contributed by atoms with Crippen LogP contribution in [-0.2, 0) is 60.6 Å². The fraction of sp³-hybridized carbons (Fsp3) is 0.367. The summed E-state index contributed by atoms with van der Waals surface area (Å²) >= 11 is 0. The Morgan fingerprint density at radius 3 is 1.07 bits per heavy atom. The number of amides is 5. The molecule has 0 spiro atoms. The number of ether oxygens (including phenoxy) is 4. The first-order chi connectivity index (χ1) is 69.1. The molecule has 8 aromatic heterocycles. The Labute approximate surface area is 841 Å². The van der Waals surface area contributed by atoms with Crippen LogP contribution in [0, 0.1) is 32.9 Å². The zero-order chi connectivity index (χ0) is 104. The average molecular weight is 1960 g/mol. The van der Waals surface area contributed by atoms with E-state index in [1.54, 1.807) is 100 Å². The largest absolute Gasteiger partial charge is 0.481 e. The number of carbonyl (C=O) groups excluding carboxylic acids is 5. The molecule has 13 heterocycles. The number of benzene rings is 5. The molecule has 36 nitrogen and oxygen atoms in total. The number of nitrogens with two attached hydrogens (primary N) is 3. The second-order valence-corrected chi connectivity index (χ2v) is 39.2. The van der Waals surface area contributed by atoms with Gasteiger partial charge in [-0.1, -0.05) is 30.3 Å². The second-order valence-electron chi connectivity index (χ2n) is 39.2. The van der Waals surface area contributed by atoms with Crippen LogP contribution in [0.25, 0.3) is 57.3 Å². The van der Waals surface area contributed by atoms with Crippen LogP contribution in [0.15, 0.2) is 152 Å². The number of aromatic nitrogens is 11. The molecule has 6 aliphatic rings. The van der Waals surface area contributed by atoms with E-state index in [0.717, 1.165) is 202 Å². The molecule has 1 aliphatic carbocycles. The zero-order valence-electron chi connectivity index (χ0n) is 83.8. The maximum absolute atomic E-state index is 12.8. The Bertz CT molecular complexity index is 7290. The van der Waals surface area contributed by atoms with Crippen LogP contribution in [-0.4, -0.2) is 152 Å². The van der Waals surface area contributed by atoms with Gasteiger partial charge in [0.15, 0.2) is 28.4 Å². The summed E-state index contributed by atoms with van der Waals surface area (Å²) in [5, 5.41) is 15.3. The predicted molar refractivity (Wildman–Crippen MR) is 560 cm³/mol. The van der Waals surface area contributed by atoms with Gasteiger partial charge in [0.1, 0.15) is 40.4 Å². The highest BCUT2D eigenvalue weighted by Crippen LogP contribution is 2.40. The number of aryl methyl sites for hydroxylation is 5. The molecular formula is C109H119N25O11. The summed E-state index contributed by atoms with van der Waals surface area (Å²) in [6.45, 7) is 64.8. The number of pyridine rings is 5. The lowest BCUT2D eigenvalue weighted by Crippen LogP contribution is -2.40. The van der Waals surface area contributed by atoms with Crippen LogP contribution in [0.2, 0.25) is 0 Å². The van der Waals surface area contributed by atoms with Gasteiger partial charge in [-0.05, 0) is 295 Å². The average Bonchev–Trinajstić information content (AvgIpc) is 1.44. The number of fused-ring (bicyclic) bond motifs is 8. The predicted octanol–water partition coefficient (Wildman–Crippen LogP) is 23.1. The maximum atomic E-state index is 12.8. The number of aromatic amines is 3. The van der Waals surface area contributed by atoms with E-state index in [2.05, 4.69) is 108 Å². The number of carbonyl (C=O) groups is 6. The molecule has 0 radical (unpaired) electrons. The van der Waals surface area contributed by atoms with Crippen molar-refractivity contribution in [3.63, 3.8) is 0 Å². The third-order valence-electron chi connectivity index (χ3n) is 24.7. The topological polar surface area (TPSA) is 447 Å². The van der Waals surface area contributed by atoms with Gasteiger partial charge < -0.3 is 66.8 Å². The standard InChI is InChI=1S/C23H27N5O3.C23H25N5O2.C22H21N5O2.C18H17N5.C16H22N2O4.C7H7N3/c1-14(21(29)27-18-9-8-15(25-5)13-16(18)24)17-10-11-20-19(26-17)7-6-12-28(20)22(30)31-23(2,3)4;1-14(21-26-17-9-8-15(24-5)13-19(17)27-21)16-10-11-20-18(25-16)7-6-12-28(20)22(29)30-23(2,3)4;1-13(21-25-17-8-5-14(23-2)12-19(17)26-21)16-9-10-20-18(24-16)4-3-11-27(20)22(28)29-15-6-7-15;1-11(13-7-8-14-15(21-13)4-3-9-20-14)18-22-16-6-5-12(19-2)10-17(16)23-18;1-10(14(19)20)11-7-8-13-12(17-11)6-5-9-18(13)15(21)22-16(2,3)4;1-10-5-2-3-6(8)7(9)4-5/h8-11,13-14H,6-7,12,24H2,1-4H3,(H,27,29);8-11,13-14H,6-7,12H2,1-4H3,(H,26,27);5,8-10,12-13,15H,3-4,6-7,11H2,1H3,(H,25,26);5-8,10-11,20H,3-4,9H2,1H3,(H,22,23);7-8,10H,5-6,9H2,1-4H3,(H,19,20);2-4H,8-9H2. The van der Waals surface area contributed by atoms with Crippen molar-refractivity contribution >= 4 is 149 Å². The summed E-state index contributed by atoms with van der Waals surface area (Å²) in [6, 6.07) is 45.0. The fourth-order valence-electron chi connectivity index (χ4n) is 16.7. The normalized spacial score (nSPS) is 14.8. The van der Waals surface area contributed by atoms with Gasteiger partial charge in [-0.15, -0.1) is 0 Å². The smallest absolute Gasteiger partial charge is 0.414 e. The Kier molecular flexibility index (Phi) is 32.1. The molecule has 13 aromatic rings. The zero-order valence-corrected chi connectivity index (χ0v) is 83.8.